The molecule has 0 bridgehead atoms. The van der Waals surface area contributed by atoms with E-state index < -0.39 is 11.7 Å². The van der Waals surface area contributed by atoms with Gasteiger partial charge in [0.05, 0.1) is 16.3 Å². The lowest BCUT2D eigenvalue weighted by Gasteiger charge is -2.12. The minimum Gasteiger partial charge on any atom is -0.369 e. The highest BCUT2D eigenvalue weighted by atomic mass is 35.5. The van der Waals surface area contributed by atoms with Crippen LogP contribution in [0.3, 0.4) is 0 Å². The molecule has 3 N–H and O–H groups in total. The van der Waals surface area contributed by atoms with Crippen molar-refractivity contribution in [1.82, 2.24) is 9.97 Å². The van der Waals surface area contributed by atoms with Gasteiger partial charge in [0, 0.05) is 17.7 Å². The van der Waals surface area contributed by atoms with Gasteiger partial charge in [0.25, 0.3) is 0 Å². The second kappa shape index (κ2) is 4.77. The van der Waals surface area contributed by atoms with Crippen molar-refractivity contribution in [3.8, 4) is 11.3 Å². The molecule has 0 unspecified atom stereocenters. The second-order valence-corrected chi connectivity index (χ2v) is 5.03. The first kappa shape index (κ1) is 13.9. The number of halogens is 4. The van der Waals surface area contributed by atoms with Gasteiger partial charge in [-0.3, -0.25) is 0 Å². The standard InChI is InChI=1S/C13H10ClF3N4/c14-9-2-1-6(5-8(9)13(15,16)17)10-7-3-4-19-11(7)21-12(18)20-10/h1-2,5H,3-4H2,(H3,18,19,20,21). The van der Waals surface area contributed by atoms with Crippen molar-refractivity contribution in [2.24, 2.45) is 0 Å². The van der Waals surface area contributed by atoms with Crippen LogP contribution >= 0.6 is 11.6 Å². The SMILES string of the molecule is Nc1nc2c(c(-c3ccc(Cl)c(C(F)(F)F)c3)n1)CCN2. The first-order valence-corrected chi connectivity index (χ1v) is 6.51. The lowest BCUT2D eigenvalue weighted by molar-refractivity contribution is -0.137. The Balaban J connectivity index is 2.18. The van der Waals surface area contributed by atoms with Gasteiger partial charge in [0.15, 0.2) is 0 Å². The minimum atomic E-state index is -4.52. The summed E-state index contributed by atoms with van der Waals surface area (Å²) in [7, 11) is 0. The van der Waals surface area contributed by atoms with Gasteiger partial charge in [-0.25, -0.2) is 4.98 Å². The lowest BCUT2D eigenvalue weighted by Crippen LogP contribution is -2.07. The largest absolute Gasteiger partial charge is 0.417 e. The fraction of sp³-hybridized carbons (Fsp3) is 0.231. The number of nitrogens with zero attached hydrogens (tertiary/aromatic N) is 2. The van der Waals surface area contributed by atoms with Crippen LogP contribution in [0, 0.1) is 0 Å². The Kier molecular flexibility index (Phi) is 3.16. The third kappa shape index (κ3) is 2.49. The fourth-order valence-corrected chi connectivity index (χ4v) is 2.54. The third-order valence-corrected chi connectivity index (χ3v) is 3.57. The molecule has 3 rings (SSSR count). The number of hydrogen-bond acceptors (Lipinski definition) is 4. The summed E-state index contributed by atoms with van der Waals surface area (Å²) in [5.74, 6) is 0.586. The third-order valence-electron chi connectivity index (χ3n) is 3.24. The Hall–Kier alpha value is -2.02. The Morgan fingerprint density at radius 1 is 1.24 bits per heavy atom. The van der Waals surface area contributed by atoms with E-state index in [-0.39, 0.29) is 11.0 Å². The zero-order chi connectivity index (χ0) is 15.2. The summed E-state index contributed by atoms with van der Waals surface area (Å²) in [5.41, 5.74) is 6.21. The van der Waals surface area contributed by atoms with Crippen molar-refractivity contribution in [2.45, 2.75) is 12.6 Å². The van der Waals surface area contributed by atoms with Gasteiger partial charge in [0.2, 0.25) is 5.95 Å². The molecule has 110 valence electrons. The quantitative estimate of drug-likeness (QED) is 0.847. The number of anilines is 2. The molecule has 0 saturated carbocycles. The van der Waals surface area contributed by atoms with Gasteiger partial charge in [-0.1, -0.05) is 17.7 Å². The van der Waals surface area contributed by atoms with Crippen LogP contribution in [0.1, 0.15) is 11.1 Å². The van der Waals surface area contributed by atoms with Gasteiger partial charge in [-0.2, -0.15) is 18.2 Å². The molecule has 0 spiro atoms. The number of nitrogen functional groups attached to an aromatic ring is 1. The van der Waals surface area contributed by atoms with Crippen LogP contribution in [0.5, 0.6) is 0 Å². The molecule has 1 aliphatic rings. The van der Waals surface area contributed by atoms with E-state index in [2.05, 4.69) is 15.3 Å². The summed E-state index contributed by atoms with van der Waals surface area (Å²) in [4.78, 5) is 8.12. The van der Waals surface area contributed by atoms with E-state index in [0.717, 1.165) is 11.6 Å². The molecule has 0 fully saturated rings. The van der Waals surface area contributed by atoms with Crippen molar-refractivity contribution in [1.29, 1.82) is 0 Å². The topological polar surface area (TPSA) is 63.8 Å². The maximum Gasteiger partial charge on any atom is 0.417 e. The summed E-state index contributed by atoms with van der Waals surface area (Å²) in [6, 6.07) is 3.70. The molecule has 0 radical (unpaired) electrons. The van der Waals surface area contributed by atoms with Gasteiger partial charge in [-0.05, 0) is 18.6 Å². The van der Waals surface area contributed by atoms with E-state index in [1.807, 2.05) is 0 Å². The van der Waals surface area contributed by atoms with Crippen LogP contribution in [-0.2, 0) is 12.6 Å². The zero-order valence-corrected chi connectivity index (χ0v) is 11.4. The molecule has 1 aromatic heterocycles. The summed E-state index contributed by atoms with van der Waals surface area (Å²) < 4.78 is 38.8. The Morgan fingerprint density at radius 3 is 2.71 bits per heavy atom. The van der Waals surface area contributed by atoms with Gasteiger partial charge in [-0.15, -0.1) is 0 Å². The molecule has 4 nitrogen and oxygen atoms in total. The Labute approximate surface area is 123 Å². The van der Waals surface area contributed by atoms with Crippen LogP contribution < -0.4 is 11.1 Å². The molecule has 0 atom stereocenters. The maximum absolute atomic E-state index is 12.9. The highest BCUT2D eigenvalue weighted by Crippen LogP contribution is 2.38. The fourth-order valence-electron chi connectivity index (χ4n) is 2.32. The van der Waals surface area contributed by atoms with Crippen LogP contribution in [-0.4, -0.2) is 16.5 Å². The monoisotopic (exact) mass is 314 g/mol. The number of fused-ring (bicyclic) bond motifs is 1. The normalized spacial score (nSPS) is 13.9. The number of nitrogens with one attached hydrogen (secondary N) is 1. The predicted molar refractivity (Wildman–Crippen MR) is 74.1 cm³/mol. The van der Waals surface area contributed by atoms with Crippen molar-refractivity contribution < 1.29 is 13.2 Å². The molecule has 0 aliphatic carbocycles. The zero-order valence-electron chi connectivity index (χ0n) is 10.6. The summed E-state index contributed by atoms with van der Waals surface area (Å²) in [6.45, 7) is 0.653. The number of benzene rings is 1. The maximum atomic E-state index is 12.9. The highest BCUT2D eigenvalue weighted by Gasteiger charge is 2.34. The molecular formula is C13H10ClF3N4. The second-order valence-electron chi connectivity index (χ2n) is 4.63. The lowest BCUT2D eigenvalue weighted by atomic mass is 10.0. The molecule has 1 aromatic carbocycles. The summed E-state index contributed by atoms with van der Waals surface area (Å²) in [5, 5.41) is 2.68. The number of alkyl halides is 3. The van der Waals surface area contributed by atoms with E-state index in [4.69, 9.17) is 17.3 Å². The van der Waals surface area contributed by atoms with E-state index in [1.165, 1.54) is 12.1 Å². The Bertz CT molecular complexity index is 715. The van der Waals surface area contributed by atoms with E-state index in [9.17, 15) is 13.2 Å². The molecule has 0 saturated heterocycles. The van der Waals surface area contributed by atoms with Crippen molar-refractivity contribution in [3.63, 3.8) is 0 Å². The van der Waals surface area contributed by atoms with E-state index >= 15 is 0 Å². The average molecular weight is 315 g/mol. The minimum absolute atomic E-state index is 0.0154. The van der Waals surface area contributed by atoms with Crippen LogP contribution in [0.15, 0.2) is 18.2 Å². The van der Waals surface area contributed by atoms with Crippen LogP contribution in [0.2, 0.25) is 5.02 Å². The van der Waals surface area contributed by atoms with E-state index in [1.54, 1.807) is 0 Å². The van der Waals surface area contributed by atoms with Crippen molar-refractivity contribution >= 4 is 23.4 Å². The highest BCUT2D eigenvalue weighted by molar-refractivity contribution is 6.31. The summed E-state index contributed by atoms with van der Waals surface area (Å²) in [6.07, 6.45) is -3.89. The molecule has 1 aliphatic heterocycles. The van der Waals surface area contributed by atoms with Crippen LogP contribution in [0.25, 0.3) is 11.3 Å². The first-order chi connectivity index (χ1) is 9.86. The average Bonchev–Trinajstić information content (AvgIpc) is 2.85. The Morgan fingerprint density at radius 2 is 2.00 bits per heavy atom. The number of rotatable bonds is 1. The van der Waals surface area contributed by atoms with Crippen molar-refractivity contribution in [2.75, 3.05) is 17.6 Å². The van der Waals surface area contributed by atoms with Crippen molar-refractivity contribution in [3.05, 3.63) is 34.3 Å². The van der Waals surface area contributed by atoms with Gasteiger partial charge in [0.1, 0.15) is 5.82 Å². The molecule has 2 aromatic rings. The molecule has 0 amide bonds. The van der Waals surface area contributed by atoms with Crippen LogP contribution in [0.4, 0.5) is 24.9 Å². The van der Waals surface area contributed by atoms with E-state index in [0.29, 0.717) is 30.0 Å². The molecule has 2 heterocycles. The number of hydrogen-bond donors (Lipinski definition) is 2. The van der Waals surface area contributed by atoms with Gasteiger partial charge >= 0.3 is 6.18 Å². The van der Waals surface area contributed by atoms with Gasteiger partial charge < -0.3 is 11.1 Å². The molecule has 8 heteroatoms. The first-order valence-electron chi connectivity index (χ1n) is 6.13. The predicted octanol–water partition coefficient (Wildman–Crippen LogP) is 3.37. The smallest absolute Gasteiger partial charge is 0.369 e. The molecule has 21 heavy (non-hydrogen) atoms. The number of nitrogens with two attached hydrogens (primary N) is 1. The number of aromatic nitrogens is 2. The molecular weight excluding hydrogens is 305 g/mol. The summed E-state index contributed by atoms with van der Waals surface area (Å²) >= 11 is 5.63.